The third-order valence-corrected chi connectivity index (χ3v) is 4.42. The van der Waals surface area contributed by atoms with Gasteiger partial charge in [-0.1, -0.05) is 23.7 Å². The highest BCUT2D eigenvalue weighted by molar-refractivity contribution is 6.30. The molecule has 0 spiro atoms. The molecule has 2 aromatic rings. The molecule has 25 heavy (non-hydrogen) atoms. The lowest BCUT2D eigenvalue weighted by molar-refractivity contribution is -0.138. The third kappa shape index (κ3) is 5.03. The van der Waals surface area contributed by atoms with E-state index < -0.39 is 5.97 Å². The maximum absolute atomic E-state index is 10.8. The molecule has 1 unspecified atom stereocenters. The van der Waals surface area contributed by atoms with E-state index in [9.17, 15) is 4.79 Å². The molecule has 0 saturated carbocycles. The molecule has 1 aliphatic rings. The van der Waals surface area contributed by atoms with Crippen LogP contribution >= 0.6 is 11.6 Å². The third-order valence-electron chi connectivity index (χ3n) is 4.19. The van der Waals surface area contributed by atoms with Crippen LogP contribution in [0.4, 0.5) is 0 Å². The molecule has 6 heteroatoms. The van der Waals surface area contributed by atoms with Crippen LogP contribution in [0.15, 0.2) is 42.6 Å². The molecule has 130 valence electrons. The second-order valence-corrected chi connectivity index (χ2v) is 6.52. The standard InChI is InChI=1S/C19H19ClN2O3/c20-15-8-9-16(21-11-15)12-25-18-3-1-2-17(22-18)14-6-4-13(5-7-14)10-19(23)24/h1-3,6,8-9,11,13H,4-5,7,10,12H2,(H,23,24). The maximum Gasteiger partial charge on any atom is 0.303 e. The Morgan fingerprint density at radius 2 is 2.20 bits per heavy atom. The highest BCUT2D eigenvalue weighted by atomic mass is 35.5. The maximum atomic E-state index is 10.8. The molecule has 3 rings (SSSR count). The first kappa shape index (κ1) is 17.4. The van der Waals surface area contributed by atoms with Gasteiger partial charge >= 0.3 is 5.97 Å². The van der Waals surface area contributed by atoms with E-state index in [0.717, 1.165) is 36.2 Å². The fourth-order valence-corrected chi connectivity index (χ4v) is 2.98. The first-order chi connectivity index (χ1) is 12.1. The number of pyridine rings is 2. The van der Waals surface area contributed by atoms with Crippen LogP contribution in [0.5, 0.6) is 5.88 Å². The van der Waals surface area contributed by atoms with E-state index in [0.29, 0.717) is 17.5 Å². The number of aliphatic carboxylic acids is 1. The number of hydrogen-bond donors (Lipinski definition) is 1. The van der Waals surface area contributed by atoms with Gasteiger partial charge in [-0.05, 0) is 49.0 Å². The molecule has 0 fully saturated rings. The molecular formula is C19H19ClN2O3. The highest BCUT2D eigenvalue weighted by Crippen LogP contribution is 2.31. The Labute approximate surface area is 151 Å². The largest absolute Gasteiger partial charge is 0.481 e. The molecule has 0 amide bonds. The van der Waals surface area contributed by atoms with Gasteiger partial charge in [0, 0.05) is 18.7 Å². The van der Waals surface area contributed by atoms with Crippen molar-refractivity contribution in [3.8, 4) is 5.88 Å². The average Bonchev–Trinajstić information content (AvgIpc) is 2.62. The highest BCUT2D eigenvalue weighted by Gasteiger charge is 2.18. The summed E-state index contributed by atoms with van der Waals surface area (Å²) in [5, 5.41) is 9.48. The van der Waals surface area contributed by atoms with Gasteiger partial charge in [0.15, 0.2) is 0 Å². The quantitative estimate of drug-likeness (QED) is 0.830. The minimum atomic E-state index is -0.730. The van der Waals surface area contributed by atoms with Crippen molar-refractivity contribution in [1.29, 1.82) is 0 Å². The lowest BCUT2D eigenvalue weighted by Gasteiger charge is -2.20. The first-order valence-corrected chi connectivity index (χ1v) is 8.59. The van der Waals surface area contributed by atoms with Crippen molar-refractivity contribution < 1.29 is 14.6 Å². The molecule has 2 heterocycles. The van der Waals surface area contributed by atoms with E-state index in [1.54, 1.807) is 12.3 Å². The van der Waals surface area contributed by atoms with E-state index in [2.05, 4.69) is 16.0 Å². The number of aromatic nitrogens is 2. The van der Waals surface area contributed by atoms with Crippen LogP contribution in [0, 0.1) is 5.92 Å². The minimum Gasteiger partial charge on any atom is -0.481 e. The van der Waals surface area contributed by atoms with Crippen LogP contribution in [0.25, 0.3) is 5.57 Å². The van der Waals surface area contributed by atoms with Gasteiger partial charge in [-0.25, -0.2) is 4.98 Å². The summed E-state index contributed by atoms with van der Waals surface area (Å²) in [7, 11) is 0. The van der Waals surface area contributed by atoms with Crippen LogP contribution in [0.1, 0.15) is 37.1 Å². The Hall–Kier alpha value is -2.40. The molecule has 0 radical (unpaired) electrons. The number of ether oxygens (including phenoxy) is 1. The van der Waals surface area contributed by atoms with Crippen LogP contribution in [-0.2, 0) is 11.4 Å². The van der Waals surface area contributed by atoms with Crippen LogP contribution in [-0.4, -0.2) is 21.0 Å². The van der Waals surface area contributed by atoms with Crippen LogP contribution in [0.3, 0.4) is 0 Å². The zero-order chi connectivity index (χ0) is 17.6. The van der Waals surface area contributed by atoms with Gasteiger partial charge in [-0.2, -0.15) is 0 Å². The molecule has 1 aliphatic carbocycles. The topological polar surface area (TPSA) is 72.3 Å². The molecule has 5 nitrogen and oxygen atoms in total. The molecule has 1 atom stereocenters. The lowest BCUT2D eigenvalue weighted by Crippen LogP contribution is -2.11. The van der Waals surface area contributed by atoms with E-state index in [1.807, 2.05) is 24.3 Å². The number of nitrogens with zero attached hydrogens (tertiary/aromatic N) is 2. The van der Waals surface area contributed by atoms with Gasteiger partial charge in [0.1, 0.15) is 6.61 Å². The van der Waals surface area contributed by atoms with Crippen molar-refractivity contribution in [1.82, 2.24) is 9.97 Å². The van der Waals surface area contributed by atoms with Crippen molar-refractivity contribution in [3.05, 3.63) is 59.0 Å². The number of carboxylic acid groups (broad SMARTS) is 1. The summed E-state index contributed by atoms with van der Waals surface area (Å²) in [4.78, 5) is 19.6. The number of allylic oxidation sites excluding steroid dienone is 2. The van der Waals surface area contributed by atoms with Crippen molar-refractivity contribution in [2.24, 2.45) is 5.92 Å². The fourth-order valence-electron chi connectivity index (χ4n) is 2.87. The molecule has 0 saturated heterocycles. The Kier molecular flexibility index (Phi) is 5.66. The number of hydrogen-bond acceptors (Lipinski definition) is 4. The monoisotopic (exact) mass is 358 g/mol. The Morgan fingerprint density at radius 3 is 2.88 bits per heavy atom. The summed E-state index contributed by atoms with van der Waals surface area (Å²) in [6, 6.07) is 9.28. The van der Waals surface area contributed by atoms with E-state index >= 15 is 0 Å². The Morgan fingerprint density at radius 1 is 1.32 bits per heavy atom. The van der Waals surface area contributed by atoms with Gasteiger partial charge in [0.25, 0.3) is 0 Å². The average molecular weight is 359 g/mol. The smallest absolute Gasteiger partial charge is 0.303 e. The number of halogens is 1. The number of carbonyl (C=O) groups is 1. The molecule has 0 aliphatic heterocycles. The minimum absolute atomic E-state index is 0.219. The van der Waals surface area contributed by atoms with Crippen molar-refractivity contribution in [2.45, 2.75) is 32.3 Å². The van der Waals surface area contributed by atoms with E-state index in [1.165, 1.54) is 0 Å². The van der Waals surface area contributed by atoms with Crippen molar-refractivity contribution in [3.63, 3.8) is 0 Å². The normalized spacial score (nSPS) is 17.0. The molecule has 2 aromatic heterocycles. The number of carboxylic acids is 1. The Balaban J connectivity index is 1.62. The Bertz CT molecular complexity index is 774. The first-order valence-electron chi connectivity index (χ1n) is 8.21. The van der Waals surface area contributed by atoms with Gasteiger partial charge in [-0.3, -0.25) is 9.78 Å². The molecular weight excluding hydrogens is 340 g/mol. The lowest BCUT2D eigenvalue weighted by atomic mass is 9.86. The fraction of sp³-hybridized carbons (Fsp3) is 0.316. The van der Waals surface area contributed by atoms with Gasteiger partial charge in [-0.15, -0.1) is 0 Å². The molecule has 1 N–H and O–H groups in total. The van der Waals surface area contributed by atoms with Crippen molar-refractivity contribution in [2.75, 3.05) is 0 Å². The van der Waals surface area contributed by atoms with Crippen molar-refractivity contribution >= 4 is 23.1 Å². The predicted octanol–water partition coefficient (Wildman–Crippen LogP) is 4.37. The summed E-state index contributed by atoms with van der Waals surface area (Å²) in [6.45, 7) is 0.327. The second-order valence-electron chi connectivity index (χ2n) is 6.09. The van der Waals surface area contributed by atoms with Crippen LogP contribution in [0.2, 0.25) is 5.02 Å². The summed E-state index contributed by atoms with van der Waals surface area (Å²) in [6.07, 6.45) is 6.42. The summed E-state index contributed by atoms with van der Waals surface area (Å²) < 4.78 is 5.72. The van der Waals surface area contributed by atoms with Gasteiger partial charge < -0.3 is 9.84 Å². The summed E-state index contributed by atoms with van der Waals surface area (Å²) in [5.41, 5.74) is 2.82. The van der Waals surface area contributed by atoms with Gasteiger partial charge in [0.2, 0.25) is 5.88 Å². The molecule has 0 aromatic carbocycles. The van der Waals surface area contributed by atoms with Crippen LogP contribution < -0.4 is 4.74 Å². The second kappa shape index (κ2) is 8.12. The summed E-state index contributed by atoms with van der Waals surface area (Å²) >= 11 is 5.82. The SMILES string of the molecule is O=C(O)CC1CC=C(c2cccc(OCc3ccc(Cl)cn3)n2)CC1. The number of rotatable bonds is 6. The van der Waals surface area contributed by atoms with E-state index in [-0.39, 0.29) is 12.3 Å². The summed E-state index contributed by atoms with van der Waals surface area (Å²) in [5.74, 6) is 0.0330. The van der Waals surface area contributed by atoms with Gasteiger partial charge in [0.05, 0.1) is 16.4 Å². The predicted molar refractivity (Wildman–Crippen MR) is 95.4 cm³/mol. The molecule has 0 bridgehead atoms. The zero-order valence-corrected chi connectivity index (χ0v) is 14.4. The zero-order valence-electron chi connectivity index (χ0n) is 13.7. The van der Waals surface area contributed by atoms with E-state index in [4.69, 9.17) is 21.4 Å².